The number of hydrazone groups is 1. The molecule has 0 aliphatic rings. The third-order valence-electron chi connectivity index (χ3n) is 3.10. The number of nitro benzene ring substituents is 1. The first-order valence-electron chi connectivity index (χ1n) is 6.70. The standard InChI is InChI=1S/C16H17N3O2/c1-12(2)14-9-7-13(8-10-14)11-17-18-15-5-3-4-6-16(15)19(20)21/h3-12,18H,1-2H3/b17-11+. The summed E-state index contributed by atoms with van der Waals surface area (Å²) < 4.78 is 0. The van der Waals surface area contributed by atoms with Gasteiger partial charge in [-0.2, -0.15) is 5.10 Å². The van der Waals surface area contributed by atoms with E-state index in [-0.39, 0.29) is 5.69 Å². The maximum atomic E-state index is 10.9. The summed E-state index contributed by atoms with van der Waals surface area (Å²) in [6.45, 7) is 4.28. The summed E-state index contributed by atoms with van der Waals surface area (Å²) in [6, 6.07) is 14.5. The van der Waals surface area contributed by atoms with Crippen molar-refractivity contribution in [2.45, 2.75) is 19.8 Å². The van der Waals surface area contributed by atoms with Crippen molar-refractivity contribution in [3.63, 3.8) is 0 Å². The van der Waals surface area contributed by atoms with Crippen molar-refractivity contribution in [2.24, 2.45) is 5.10 Å². The van der Waals surface area contributed by atoms with Crippen LogP contribution >= 0.6 is 0 Å². The maximum Gasteiger partial charge on any atom is 0.294 e. The first kappa shape index (κ1) is 14.7. The highest BCUT2D eigenvalue weighted by Gasteiger charge is 2.10. The van der Waals surface area contributed by atoms with Crippen LogP contribution in [0.1, 0.15) is 30.9 Å². The van der Waals surface area contributed by atoms with Gasteiger partial charge in [0, 0.05) is 6.07 Å². The van der Waals surface area contributed by atoms with Gasteiger partial charge in [0.25, 0.3) is 5.69 Å². The fourth-order valence-corrected chi connectivity index (χ4v) is 1.87. The second-order valence-corrected chi connectivity index (χ2v) is 4.97. The lowest BCUT2D eigenvalue weighted by atomic mass is 10.0. The normalized spacial score (nSPS) is 11.0. The molecule has 108 valence electrons. The molecule has 2 aromatic rings. The van der Waals surface area contributed by atoms with E-state index in [2.05, 4.69) is 36.5 Å². The Bertz CT molecular complexity index is 649. The zero-order chi connectivity index (χ0) is 15.2. The molecule has 0 amide bonds. The smallest absolute Gasteiger partial charge is 0.272 e. The van der Waals surface area contributed by atoms with Crippen molar-refractivity contribution < 1.29 is 4.92 Å². The Labute approximate surface area is 123 Å². The number of anilines is 1. The minimum absolute atomic E-state index is 0.00445. The van der Waals surface area contributed by atoms with Crippen molar-refractivity contribution in [2.75, 3.05) is 5.43 Å². The topological polar surface area (TPSA) is 67.5 Å². The molecule has 0 fully saturated rings. The zero-order valence-electron chi connectivity index (χ0n) is 12.0. The number of para-hydroxylation sites is 2. The molecule has 0 atom stereocenters. The van der Waals surface area contributed by atoms with Crippen LogP contribution in [0, 0.1) is 10.1 Å². The van der Waals surface area contributed by atoms with Gasteiger partial charge in [-0.3, -0.25) is 15.5 Å². The van der Waals surface area contributed by atoms with Crippen LogP contribution in [0.15, 0.2) is 53.6 Å². The Balaban J connectivity index is 2.07. The van der Waals surface area contributed by atoms with Crippen LogP contribution in [0.2, 0.25) is 0 Å². The molecular weight excluding hydrogens is 266 g/mol. The van der Waals surface area contributed by atoms with Gasteiger partial charge in [-0.1, -0.05) is 50.2 Å². The van der Waals surface area contributed by atoms with Crippen LogP contribution in [0.3, 0.4) is 0 Å². The summed E-state index contributed by atoms with van der Waals surface area (Å²) in [6.07, 6.45) is 1.64. The lowest BCUT2D eigenvalue weighted by Gasteiger charge is -2.04. The van der Waals surface area contributed by atoms with E-state index in [1.54, 1.807) is 24.4 Å². The minimum atomic E-state index is -0.435. The Morgan fingerprint density at radius 3 is 2.43 bits per heavy atom. The van der Waals surface area contributed by atoms with Crippen LogP contribution in [-0.4, -0.2) is 11.1 Å². The van der Waals surface area contributed by atoms with Gasteiger partial charge in [-0.15, -0.1) is 0 Å². The molecular formula is C16H17N3O2. The van der Waals surface area contributed by atoms with Crippen molar-refractivity contribution in [3.8, 4) is 0 Å². The van der Waals surface area contributed by atoms with Crippen LogP contribution in [-0.2, 0) is 0 Å². The Hall–Kier alpha value is -2.69. The summed E-state index contributed by atoms with van der Waals surface area (Å²) in [5.74, 6) is 0.487. The lowest BCUT2D eigenvalue weighted by molar-refractivity contribution is -0.384. The van der Waals surface area contributed by atoms with E-state index < -0.39 is 4.92 Å². The average molecular weight is 283 g/mol. The molecule has 0 saturated heterocycles. The molecule has 21 heavy (non-hydrogen) atoms. The summed E-state index contributed by atoms with van der Waals surface area (Å²) >= 11 is 0. The quantitative estimate of drug-likeness (QED) is 0.509. The SMILES string of the molecule is CC(C)c1ccc(/C=N/Nc2ccccc2[N+](=O)[O-])cc1. The van der Waals surface area contributed by atoms with Gasteiger partial charge in [-0.05, 0) is 23.1 Å². The van der Waals surface area contributed by atoms with Gasteiger partial charge in [0.2, 0.25) is 0 Å². The van der Waals surface area contributed by atoms with Gasteiger partial charge in [0.15, 0.2) is 0 Å². The molecule has 0 bridgehead atoms. The number of rotatable bonds is 5. The lowest BCUT2D eigenvalue weighted by Crippen LogP contribution is -1.96. The van der Waals surface area contributed by atoms with Crippen molar-refractivity contribution in [1.29, 1.82) is 0 Å². The largest absolute Gasteiger partial charge is 0.294 e. The van der Waals surface area contributed by atoms with Gasteiger partial charge in [0.05, 0.1) is 11.1 Å². The highest BCUT2D eigenvalue weighted by Crippen LogP contribution is 2.23. The summed E-state index contributed by atoms with van der Waals surface area (Å²) in [4.78, 5) is 10.4. The van der Waals surface area contributed by atoms with E-state index in [9.17, 15) is 10.1 Å². The third kappa shape index (κ3) is 3.89. The van der Waals surface area contributed by atoms with Gasteiger partial charge < -0.3 is 0 Å². The van der Waals surface area contributed by atoms with Crippen molar-refractivity contribution in [3.05, 3.63) is 69.8 Å². The van der Waals surface area contributed by atoms with E-state index in [0.717, 1.165) is 5.56 Å². The molecule has 0 aromatic heterocycles. The molecule has 5 heteroatoms. The van der Waals surface area contributed by atoms with E-state index in [4.69, 9.17) is 0 Å². The molecule has 0 unspecified atom stereocenters. The highest BCUT2D eigenvalue weighted by atomic mass is 16.6. The second kappa shape index (κ2) is 6.65. The summed E-state index contributed by atoms with van der Waals surface area (Å²) in [7, 11) is 0. The number of nitro groups is 1. The van der Waals surface area contributed by atoms with Gasteiger partial charge in [-0.25, -0.2) is 0 Å². The molecule has 2 aromatic carbocycles. The first-order valence-corrected chi connectivity index (χ1v) is 6.70. The molecule has 1 N–H and O–H groups in total. The molecule has 0 aliphatic carbocycles. The van der Waals surface area contributed by atoms with E-state index >= 15 is 0 Å². The zero-order valence-corrected chi connectivity index (χ0v) is 12.0. The number of benzene rings is 2. The predicted molar refractivity (Wildman–Crippen MR) is 84.8 cm³/mol. The van der Waals surface area contributed by atoms with Crippen molar-refractivity contribution in [1.82, 2.24) is 0 Å². The number of hydrogen-bond acceptors (Lipinski definition) is 4. The third-order valence-corrected chi connectivity index (χ3v) is 3.10. The van der Waals surface area contributed by atoms with Crippen LogP contribution in [0.25, 0.3) is 0 Å². The molecule has 0 radical (unpaired) electrons. The predicted octanol–water partition coefficient (Wildman–Crippen LogP) is 4.16. The average Bonchev–Trinajstić information content (AvgIpc) is 2.48. The summed E-state index contributed by atoms with van der Waals surface area (Å²) in [5, 5.41) is 14.9. The number of nitrogens with zero attached hydrogens (tertiary/aromatic N) is 2. The minimum Gasteiger partial charge on any atom is -0.272 e. The number of hydrogen-bond donors (Lipinski definition) is 1. The summed E-state index contributed by atoms with van der Waals surface area (Å²) in [5.41, 5.74) is 5.28. The van der Waals surface area contributed by atoms with Gasteiger partial charge >= 0.3 is 0 Å². The van der Waals surface area contributed by atoms with Crippen LogP contribution < -0.4 is 5.43 Å². The fourth-order valence-electron chi connectivity index (χ4n) is 1.87. The Morgan fingerprint density at radius 1 is 1.14 bits per heavy atom. The van der Waals surface area contributed by atoms with Crippen LogP contribution in [0.4, 0.5) is 11.4 Å². The van der Waals surface area contributed by atoms with Crippen LogP contribution in [0.5, 0.6) is 0 Å². The van der Waals surface area contributed by atoms with Gasteiger partial charge in [0.1, 0.15) is 5.69 Å². The Kier molecular flexibility index (Phi) is 4.66. The highest BCUT2D eigenvalue weighted by molar-refractivity contribution is 5.80. The molecule has 0 saturated carbocycles. The molecule has 5 nitrogen and oxygen atoms in total. The fraction of sp³-hybridized carbons (Fsp3) is 0.188. The maximum absolute atomic E-state index is 10.9. The van der Waals surface area contributed by atoms with Crippen molar-refractivity contribution >= 4 is 17.6 Å². The van der Waals surface area contributed by atoms with E-state index in [1.807, 2.05) is 12.1 Å². The first-order chi connectivity index (χ1) is 10.1. The molecule has 0 aliphatic heterocycles. The van der Waals surface area contributed by atoms with E-state index in [0.29, 0.717) is 11.6 Å². The molecule has 0 heterocycles. The number of nitrogens with one attached hydrogen (secondary N) is 1. The van der Waals surface area contributed by atoms with E-state index in [1.165, 1.54) is 11.6 Å². The molecule has 2 rings (SSSR count). The second-order valence-electron chi connectivity index (χ2n) is 4.97. The monoisotopic (exact) mass is 283 g/mol. The Morgan fingerprint density at radius 2 is 1.81 bits per heavy atom. The molecule has 0 spiro atoms.